The number of aliphatic imine (C=N–C) groups is 1. The van der Waals surface area contributed by atoms with Gasteiger partial charge in [-0.05, 0) is 41.8 Å². The summed E-state index contributed by atoms with van der Waals surface area (Å²) in [5, 5.41) is 0.896. The number of ether oxygens (including phenoxy) is 1. The van der Waals surface area contributed by atoms with Crippen LogP contribution in [0, 0.1) is 5.82 Å². The van der Waals surface area contributed by atoms with Gasteiger partial charge in [0.05, 0.1) is 30.7 Å². The fourth-order valence-corrected chi connectivity index (χ4v) is 6.71. The Balaban J connectivity index is 1.46. The summed E-state index contributed by atoms with van der Waals surface area (Å²) >= 11 is 1.63. The van der Waals surface area contributed by atoms with Crippen molar-refractivity contribution < 1.29 is 17.5 Å². The van der Waals surface area contributed by atoms with Crippen molar-refractivity contribution in [1.29, 1.82) is 0 Å². The molecule has 0 radical (unpaired) electrons. The highest BCUT2D eigenvalue weighted by Gasteiger charge is 2.46. The number of rotatable bonds is 6. The van der Waals surface area contributed by atoms with Crippen LogP contribution in [0.2, 0.25) is 0 Å². The van der Waals surface area contributed by atoms with Crippen molar-refractivity contribution in [3.05, 3.63) is 65.5 Å². The number of amidine groups is 1. The van der Waals surface area contributed by atoms with Crippen molar-refractivity contribution in [2.24, 2.45) is 4.99 Å². The summed E-state index contributed by atoms with van der Waals surface area (Å²) in [5.41, 5.74) is 2.18. The standard InChI is InChI=1S/C21H23FN2O3S2/c1-27-18-8-4-16(5-9-18)12-28-21-23-19-13-29(25,26)14-20(19)24(21)11-10-15-2-6-17(22)7-3-15/h2-9,19-20H,10-14H2,1H3. The van der Waals surface area contributed by atoms with Crippen LogP contribution in [0.4, 0.5) is 4.39 Å². The smallest absolute Gasteiger partial charge is 0.160 e. The van der Waals surface area contributed by atoms with Gasteiger partial charge in [0.1, 0.15) is 11.6 Å². The zero-order chi connectivity index (χ0) is 20.4. The van der Waals surface area contributed by atoms with Crippen molar-refractivity contribution in [3.8, 4) is 5.75 Å². The number of methoxy groups -OCH3 is 1. The molecule has 2 atom stereocenters. The van der Waals surface area contributed by atoms with Gasteiger partial charge in [-0.2, -0.15) is 0 Å². The normalized spacial score (nSPS) is 22.4. The Morgan fingerprint density at radius 1 is 1.10 bits per heavy atom. The topological polar surface area (TPSA) is 59.0 Å². The molecule has 2 aliphatic heterocycles. The highest BCUT2D eigenvalue weighted by molar-refractivity contribution is 8.13. The maximum Gasteiger partial charge on any atom is 0.160 e. The van der Waals surface area contributed by atoms with Crippen LogP contribution in [0.5, 0.6) is 5.75 Å². The average molecular weight is 435 g/mol. The number of benzene rings is 2. The molecule has 2 aliphatic rings. The maximum absolute atomic E-state index is 13.2. The van der Waals surface area contributed by atoms with Crippen LogP contribution in [0.15, 0.2) is 53.5 Å². The molecule has 0 aromatic heterocycles. The van der Waals surface area contributed by atoms with Gasteiger partial charge in [0.25, 0.3) is 0 Å². The van der Waals surface area contributed by atoms with Crippen LogP contribution in [0.25, 0.3) is 0 Å². The molecule has 1 fully saturated rings. The van der Waals surface area contributed by atoms with Gasteiger partial charge < -0.3 is 9.64 Å². The zero-order valence-electron chi connectivity index (χ0n) is 16.1. The van der Waals surface area contributed by atoms with Crippen molar-refractivity contribution in [2.75, 3.05) is 25.2 Å². The third-order valence-corrected chi connectivity index (χ3v) is 8.07. The zero-order valence-corrected chi connectivity index (χ0v) is 17.8. The van der Waals surface area contributed by atoms with E-state index in [0.29, 0.717) is 13.0 Å². The van der Waals surface area contributed by atoms with Crippen LogP contribution in [0.1, 0.15) is 11.1 Å². The maximum atomic E-state index is 13.2. The molecule has 0 saturated carbocycles. The second-order valence-corrected chi connectivity index (χ2v) is 10.4. The van der Waals surface area contributed by atoms with Crippen LogP contribution >= 0.6 is 11.8 Å². The monoisotopic (exact) mass is 434 g/mol. The largest absolute Gasteiger partial charge is 0.497 e. The Hall–Kier alpha value is -2.06. The second-order valence-electron chi connectivity index (χ2n) is 7.33. The summed E-state index contributed by atoms with van der Waals surface area (Å²) < 4.78 is 42.5. The van der Waals surface area contributed by atoms with Gasteiger partial charge in [-0.1, -0.05) is 36.0 Å². The fraction of sp³-hybridized carbons (Fsp3) is 0.381. The first-order chi connectivity index (χ1) is 13.9. The minimum Gasteiger partial charge on any atom is -0.497 e. The van der Waals surface area contributed by atoms with E-state index in [-0.39, 0.29) is 29.4 Å². The Bertz CT molecular complexity index is 992. The predicted molar refractivity (Wildman–Crippen MR) is 115 cm³/mol. The van der Waals surface area contributed by atoms with Gasteiger partial charge in [-0.3, -0.25) is 4.99 Å². The first kappa shape index (κ1) is 20.2. The van der Waals surface area contributed by atoms with E-state index in [9.17, 15) is 12.8 Å². The molecule has 2 aromatic rings. The summed E-state index contributed by atoms with van der Waals surface area (Å²) in [7, 11) is -1.41. The van der Waals surface area contributed by atoms with E-state index >= 15 is 0 Å². The number of hydrogen-bond acceptors (Lipinski definition) is 6. The molecule has 1 saturated heterocycles. The quantitative estimate of drug-likeness (QED) is 0.699. The lowest BCUT2D eigenvalue weighted by Crippen LogP contribution is -2.40. The lowest BCUT2D eigenvalue weighted by molar-refractivity contribution is 0.352. The van der Waals surface area contributed by atoms with Crippen LogP contribution in [-0.2, 0) is 22.0 Å². The highest BCUT2D eigenvalue weighted by Crippen LogP contribution is 2.32. The molecule has 0 aliphatic carbocycles. The SMILES string of the molecule is COc1ccc(CSC2=NC3CS(=O)(=O)CC3N2CCc2ccc(F)cc2)cc1. The summed E-state index contributed by atoms with van der Waals surface area (Å²) in [5.74, 6) is 1.59. The molecule has 4 rings (SSSR count). The van der Waals surface area contributed by atoms with Gasteiger partial charge in [0.2, 0.25) is 0 Å². The molecule has 0 spiro atoms. The van der Waals surface area contributed by atoms with E-state index < -0.39 is 9.84 Å². The third kappa shape index (κ3) is 4.75. The molecule has 0 bridgehead atoms. The molecule has 2 unspecified atom stereocenters. The van der Waals surface area contributed by atoms with Crippen LogP contribution in [-0.4, -0.2) is 55.7 Å². The van der Waals surface area contributed by atoms with Gasteiger partial charge in [-0.25, -0.2) is 12.8 Å². The molecule has 2 heterocycles. The van der Waals surface area contributed by atoms with Gasteiger partial charge in [0, 0.05) is 12.3 Å². The van der Waals surface area contributed by atoms with E-state index in [2.05, 4.69) is 4.90 Å². The Labute approximate surface area is 174 Å². The van der Waals surface area contributed by atoms with E-state index in [1.807, 2.05) is 24.3 Å². The van der Waals surface area contributed by atoms with Crippen LogP contribution in [0.3, 0.4) is 0 Å². The molecule has 8 heteroatoms. The van der Waals surface area contributed by atoms with Crippen molar-refractivity contribution in [3.63, 3.8) is 0 Å². The Morgan fingerprint density at radius 3 is 2.48 bits per heavy atom. The molecule has 5 nitrogen and oxygen atoms in total. The molecule has 154 valence electrons. The number of thioether (sulfide) groups is 1. The number of sulfone groups is 1. The van der Waals surface area contributed by atoms with E-state index in [1.165, 1.54) is 12.1 Å². The minimum atomic E-state index is -3.05. The molecular weight excluding hydrogens is 411 g/mol. The van der Waals surface area contributed by atoms with Crippen LogP contribution < -0.4 is 4.74 Å². The second kappa shape index (κ2) is 8.36. The average Bonchev–Trinajstić information content (AvgIpc) is 3.17. The first-order valence-corrected chi connectivity index (χ1v) is 12.3. The summed E-state index contributed by atoms with van der Waals surface area (Å²) in [4.78, 5) is 6.88. The minimum absolute atomic E-state index is 0.0983. The molecule has 0 amide bonds. The Kier molecular flexibility index (Phi) is 5.83. The van der Waals surface area contributed by atoms with Gasteiger partial charge in [-0.15, -0.1) is 0 Å². The lowest BCUT2D eigenvalue weighted by Gasteiger charge is -2.26. The molecule has 29 heavy (non-hydrogen) atoms. The number of fused-ring (bicyclic) bond motifs is 1. The summed E-state index contributed by atoms with van der Waals surface area (Å²) in [6.45, 7) is 0.663. The van der Waals surface area contributed by atoms with E-state index in [4.69, 9.17) is 9.73 Å². The fourth-order valence-electron chi connectivity index (χ4n) is 3.74. The van der Waals surface area contributed by atoms with E-state index in [1.54, 1.807) is 31.0 Å². The first-order valence-electron chi connectivity index (χ1n) is 9.48. The van der Waals surface area contributed by atoms with Crippen molar-refractivity contribution in [1.82, 2.24) is 4.90 Å². The number of halogens is 1. The van der Waals surface area contributed by atoms with Crippen molar-refractivity contribution >= 4 is 26.8 Å². The number of nitrogens with zero attached hydrogens (tertiary/aromatic N) is 2. The van der Waals surface area contributed by atoms with Gasteiger partial charge >= 0.3 is 0 Å². The highest BCUT2D eigenvalue weighted by atomic mass is 32.2. The van der Waals surface area contributed by atoms with E-state index in [0.717, 1.165) is 27.8 Å². The summed E-state index contributed by atoms with van der Waals surface area (Å²) in [6, 6.07) is 14.1. The number of hydrogen-bond donors (Lipinski definition) is 0. The van der Waals surface area contributed by atoms with Crippen molar-refractivity contribution in [2.45, 2.75) is 24.3 Å². The predicted octanol–water partition coefficient (Wildman–Crippen LogP) is 3.15. The lowest BCUT2D eigenvalue weighted by atomic mass is 10.1. The molecule has 0 N–H and O–H groups in total. The third-order valence-electron chi connectivity index (χ3n) is 5.30. The molecular formula is C21H23FN2O3S2. The van der Waals surface area contributed by atoms with Gasteiger partial charge in [0.15, 0.2) is 15.0 Å². The summed E-state index contributed by atoms with van der Waals surface area (Å²) in [6.07, 6.45) is 0.714. The molecule has 2 aromatic carbocycles. The Morgan fingerprint density at radius 2 is 1.79 bits per heavy atom.